The fourth-order valence-electron chi connectivity index (χ4n) is 6.92. The highest BCUT2D eigenvalue weighted by Gasteiger charge is 2.38. The molecule has 0 amide bonds. The van der Waals surface area contributed by atoms with E-state index in [-0.39, 0.29) is 10.9 Å². The lowest BCUT2D eigenvalue weighted by molar-refractivity contribution is 0.511. The zero-order valence-electron chi connectivity index (χ0n) is 27.1. The van der Waals surface area contributed by atoms with Crippen molar-refractivity contribution in [2.75, 3.05) is 6.54 Å². The molecule has 0 spiro atoms. The second kappa shape index (κ2) is 13.1. The van der Waals surface area contributed by atoms with Crippen LogP contribution in [0.4, 0.5) is 0 Å². The maximum absolute atomic E-state index is 14.0. The van der Waals surface area contributed by atoms with Crippen LogP contribution in [-0.4, -0.2) is 28.5 Å². The molecule has 48 heavy (non-hydrogen) atoms. The van der Waals surface area contributed by atoms with Gasteiger partial charge in [0.15, 0.2) is 0 Å². The number of benzene rings is 5. The number of hydrogen-bond donors (Lipinski definition) is 1. The minimum atomic E-state index is -3.80. The van der Waals surface area contributed by atoms with Crippen LogP contribution in [0.3, 0.4) is 0 Å². The van der Waals surface area contributed by atoms with E-state index in [1.165, 1.54) is 3.97 Å². The smallest absolute Gasteiger partial charge is 0.268 e. The molecule has 1 N–H and O–H groups in total. The van der Waals surface area contributed by atoms with E-state index in [0.717, 1.165) is 39.0 Å². The summed E-state index contributed by atoms with van der Waals surface area (Å²) in [5, 5.41) is 4.58. The fraction of sp³-hybridized carbons (Fsp3) is 0.146. The first kappa shape index (κ1) is 31.4. The van der Waals surface area contributed by atoms with E-state index in [4.69, 9.17) is 4.98 Å². The highest BCUT2D eigenvalue weighted by atomic mass is 32.2. The summed E-state index contributed by atoms with van der Waals surface area (Å²) in [7, 11) is -3.80. The number of nitrogens with one attached hydrogen (secondary N) is 1. The molecule has 5 aromatic carbocycles. The van der Waals surface area contributed by atoms with Gasteiger partial charge in [0.2, 0.25) is 0 Å². The third kappa shape index (κ3) is 5.45. The normalized spacial score (nSPS) is 12.7. The minimum Gasteiger partial charge on any atom is -0.319 e. The van der Waals surface area contributed by atoms with Gasteiger partial charge in [0.1, 0.15) is 5.54 Å². The SMILES string of the molecule is Cc1c(CCNC(C)c2cn(C(c3ccccc3)(c3ccccc3)c3ccccc3)cn2)n(S(=O)(=O)c2ccccc2)c2ccccc12. The highest BCUT2D eigenvalue weighted by Crippen LogP contribution is 2.41. The molecule has 1 atom stereocenters. The molecule has 7 aromatic rings. The number of para-hydroxylation sites is 1. The molecule has 1 unspecified atom stereocenters. The molecule has 0 aliphatic heterocycles. The fourth-order valence-corrected chi connectivity index (χ4v) is 8.57. The van der Waals surface area contributed by atoms with Gasteiger partial charge in [-0.25, -0.2) is 17.4 Å². The second-order valence-electron chi connectivity index (χ2n) is 12.1. The molecule has 2 heterocycles. The van der Waals surface area contributed by atoms with Gasteiger partial charge in [-0.05, 0) is 54.3 Å². The van der Waals surface area contributed by atoms with E-state index in [1.54, 1.807) is 24.3 Å². The number of hydrogen-bond acceptors (Lipinski definition) is 4. The molecule has 2 aromatic heterocycles. The predicted molar refractivity (Wildman–Crippen MR) is 193 cm³/mol. The van der Waals surface area contributed by atoms with Gasteiger partial charge in [0.05, 0.1) is 22.4 Å². The molecule has 7 heteroatoms. The highest BCUT2D eigenvalue weighted by molar-refractivity contribution is 7.90. The number of aromatic nitrogens is 3. The zero-order valence-corrected chi connectivity index (χ0v) is 27.9. The van der Waals surface area contributed by atoms with E-state index in [9.17, 15) is 8.42 Å². The van der Waals surface area contributed by atoms with Crippen molar-refractivity contribution < 1.29 is 8.42 Å². The van der Waals surface area contributed by atoms with Crippen molar-refractivity contribution in [2.24, 2.45) is 0 Å². The van der Waals surface area contributed by atoms with Crippen LogP contribution in [0, 0.1) is 6.92 Å². The van der Waals surface area contributed by atoms with Crippen LogP contribution in [0.15, 0.2) is 163 Å². The Morgan fingerprint density at radius 2 is 1.21 bits per heavy atom. The lowest BCUT2D eigenvalue weighted by atomic mass is 9.77. The van der Waals surface area contributed by atoms with Gasteiger partial charge >= 0.3 is 0 Å². The summed E-state index contributed by atoms with van der Waals surface area (Å²) < 4.78 is 31.7. The van der Waals surface area contributed by atoms with Crippen LogP contribution in [-0.2, 0) is 22.0 Å². The Morgan fingerprint density at radius 1 is 0.708 bits per heavy atom. The summed E-state index contributed by atoms with van der Waals surface area (Å²) in [6.07, 6.45) is 4.58. The van der Waals surface area contributed by atoms with Gasteiger partial charge < -0.3 is 9.88 Å². The van der Waals surface area contributed by atoms with Crippen LogP contribution in [0.5, 0.6) is 0 Å². The van der Waals surface area contributed by atoms with Gasteiger partial charge in [-0.1, -0.05) is 127 Å². The molecular weight excluding hydrogens is 613 g/mol. The first-order chi connectivity index (χ1) is 23.4. The quantitative estimate of drug-likeness (QED) is 0.144. The van der Waals surface area contributed by atoms with E-state index in [2.05, 4.69) is 95.8 Å². The Morgan fingerprint density at radius 3 is 1.77 bits per heavy atom. The molecule has 0 aliphatic carbocycles. The van der Waals surface area contributed by atoms with Gasteiger partial charge in [0.25, 0.3) is 10.0 Å². The van der Waals surface area contributed by atoms with Gasteiger partial charge in [0, 0.05) is 36.3 Å². The number of nitrogens with zero attached hydrogens (tertiary/aromatic N) is 3. The average Bonchev–Trinajstić information content (AvgIpc) is 3.74. The Labute approximate surface area is 282 Å². The van der Waals surface area contributed by atoms with E-state index in [1.807, 2.05) is 61.8 Å². The van der Waals surface area contributed by atoms with Gasteiger partial charge in [-0.2, -0.15) is 0 Å². The number of imidazole rings is 1. The first-order valence-electron chi connectivity index (χ1n) is 16.3. The average molecular weight is 651 g/mol. The molecule has 6 nitrogen and oxygen atoms in total. The number of aryl methyl sites for hydroxylation is 1. The summed E-state index contributed by atoms with van der Waals surface area (Å²) in [5.74, 6) is 0. The maximum Gasteiger partial charge on any atom is 0.268 e. The molecular formula is C41H38N4O2S. The van der Waals surface area contributed by atoms with Crippen molar-refractivity contribution in [3.8, 4) is 0 Å². The monoisotopic (exact) mass is 650 g/mol. The van der Waals surface area contributed by atoms with Crippen LogP contribution >= 0.6 is 0 Å². The molecule has 0 saturated heterocycles. The first-order valence-corrected chi connectivity index (χ1v) is 17.7. The van der Waals surface area contributed by atoms with Crippen molar-refractivity contribution in [3.05, 3.63) is 192 Å². The zero-order chi connectivity index (χ0) is 33.1. The second-order valence-corrected chi connectivity index (χ2v) is 13.9. The summed E-state index contributed by atoms with van der Waals surface area (Å²) in [6.45, 7) is 4.68. The van der Waals surface area contributed by atoms with Crippen molar-refractivity contribution in [3.63, 3.8) is 0 Å². The Bertz CT molecular complexity index is 2150. The van der Waals surface area contributed by atoms with E-state index >= 15 is 0 Å². The van der Waals surface area contributed by atoms with Crippen LogP contribution in [0.25, 0.3) is 10.9 Å². The lowest BCUT2D eigenvalue weighted by Gasteiger charge is -2.37. The van der Waals surface area contributed by atoms with Crippen molar-refractivity contribution in [1.29, 1.82) is 0 Å². The summed E-state index contributed by atoms with van der Waals surface area (Å²) in [4.78, 5) is 5.21. The van der Waals surface area contributed by atoms with Crippen molar-refractivity contribution >= 4 is 20.9 Å². The van der Waals surface area contributed by atoms with Gasteiger partial charge in [-0.15, -0.1) is 0 Å². The van der Waals surface area contributed by atoms with Crippen molar-refractivity contribution in [1.82, 2.24) is 18.8 Å². The topological polar surface area (TPSA) is 68.9 Å². The van der Waals surface area contributed by atoms with Gasteiger partial charge in [-0.3, -0.25) is 0 Å². The molecule has 7 rings (SSSR count). The standard InChI is InChI=1S/C41H38N4O2S/c1-31-37-25-15-16-26-40(37)45(48(46,47)36-23-13-6-14-24-36)39(31)27-28-42-32(2)38-29-44(30-43-38)41(33-17-7-3-8-18-33,34-19-9-4-10-20-34)35-21-11-5-12-22-35/h3-26,29-30,32,42H,27-28H2,1-2H3. The number of rotatable bonds is 11. The molecule has 0 aliphatic rings. The van der Waals surface area contributed by atoms with Crippen LogP contribution in [0.2, 0.25) is 0 Å². The molecule has 0 fully saturated rings. The summed E-state index contributed by atoms with van der Waals surface area (Å²) in [6, 6.07) is 47.9. The Kier molecular flexibility index (Phi) is 8.56. The van der Waals surface area contributed by atoms with Crippen LogP contribution in [0.1, 0.15) is 46.6 Å². The molecule has 240 valence electrons. The molecule has 0 saturated carbocycles. The predicted octanol–water partition coefficient (Wildman–Crippen LogP) is 8.12. The minimum absolute atomic E-state index is 0.0878. The van der Waals surface area contributed by atoms with E-state index < -0.39 is 15.6 Å². The Hall–Kier alpha value is -5.24. The largest absolute Gasteiger partial charge is 0.319 e. The van der Waals surface area contributed by atoms with Crippen LogP contribution < -0.4 is 5.32 Å². The lowest BCUT2D eigenvalue weighted by Crippen LogP contribution is -2.37. The third-order valence-corrected chi connectivity index (χ3v) is 11.1. The maximum atomic E-state index is 14.0. The molecule has 0 radical (unpaired) electrons. The molecule has 0 bridgehead atoms. The third-order valence-electron chi connectivity index (χ3n) is 9.31. The summed E-state index contributed by atoms with van der Waals surface area (Å²) >= 11 is 0. The Balaban J connectivity index is 1.21. The number of fused-ring (bicyclic) bond motifs is 1. The van der Waals surface area contributed by atoms with E-state index in [0.29, 0.717) is 18.5 Å². The summed E-state index contributed by atoms with van der Waals surface area (Å²) in [5.41, 5.74) is 6.11. The van der Waals surface area contributed by atoms with Crippen molar-refractivity contribution in [2.45, 2.75) is 36.7 Å².